The van der Waals surface area contributed by atoms with Crippen molar-refractivity contribution in [3.8, 4) is 0 Å². The van der Waals surface area contributed by atoms with Crippen molar-refractivity contribution in [3.63, 3.8) is 0 Å². The molecule has 5 heteroatoms. The molecule has 0 fully saturated rings. The monoisotopic (exact) mass is 261 g/mol. The van der Waals surface area contributed by atoms with Gasteiger partial charge in [0.25, 0.3) is 5.91 Å². The smallest absolute Gasteiger partial charge is 0.254 e. The molecule has 0 aromatic heterocycles. The lowest BCUT2D eigenvalue weighted by Crippen LogP contribution is -2.38. The number of halogens is 2. The summed E-state index contributed by atoms with van der Waals surface area (Å²) in [6, 6.07) is 4.84. The Morgan fingerprint density at radius 2 is 1.88 bits per heavy atom. The van der Waals surface area contributed by atoms with Crippen LogP contribution in [0, 0.1) is 0 Å². The minimum Gasteiger partial charge on any atom is -0.389 e. The fourth-order valence-corrected chi connectivity index (χ4v) is 1.67. The van der Waals surface area contributed by atoms with Gasteiger partial charge in [0.15, 0.2) is 0 Å². The number of nitrogens with one attached hydrogen (secondary N) is 1. The molecule has 0 spiro atoms. The number of carbonyl (C=O) groups excluding carboxylic acids is 1. The second-order valence-corrected chi connectivity index (χ2v) is 4.91. The standard InChI is InChI=1S/C11H13Cl2NO2/c1-11(2,16)6-14-10(15)9-7(12)4-3-5-8(9)13/h3-5,16H,6H2,1-2H3,(H,14,15). The number of carbonyl (C=O) groups is 1. The van der Waals surface area contributed by atoms with E-state index in [4.69, 9.17) is 23.2 Å². The highest BCUT2D eigenvalue weighted by Crippen LogP contribution is 2.23. The lowest BCUT2D eigenvalue weighted by molar-refractivity contribution is 0.0694. The van der Waals surface area contributed by atoms with Gasteiger partial charge in [-0.2, -0.15) is 0 Å². The fourth-order valence-electron chi connectivity index (χ4n) is 1.10. The molecule has 0 aliphatic carbocycles. The Kier molecular flexibility index (Phi) is 4.19. The maximum Gasteiger partial charge on any atom is 0.254 e. The van der Waals surface area contributed by atoms with Crippen molar-refractivity contribution in [1.29, 1.82) is 0 Å². The summed E-state index contributed by atoms with van der Waals surface area (Å²) in [7, 11) is 0. The zero-order valence-corrected chi connectivity index (χ0v) is 10.6. The van der Waals surface area contributed by atoms with Crippen LogP contribution in [-0.2, 0) is 0 Å². The Morgan fingerprint density at radius 1 is 1.38 bits per heavy atom. The summed E-state index contributed by atoms with van der Waals surface area (Å²) in [5.41, 5.74) is -0.737. The third-order valence-corrected chi connectivity index (χ3v) is 2.50. The van der Waals surface area contributed by atoms with Crippen LogP contribution < -0.4 is 5.32 Å². The van der Waals surface area contributed by atoms with E-state index in [1.165, 1.54) is 0 Å². The Balaban J connectivity index is 2.81. The molecule has 0 aliphatic rings. The van der Waals surface area contributed by atoms with Gasteiger partial charge in [0, 0.05) is 6.54 Å². The molecule has 88 valence electrons. The summed E-state index contributed by atoms with van der Waals surface area (Å²) < 4.78 is 0. The van der Waals surface area contributed by atoms with Gasteiger partial charge in [-0.25, -0.2) is 0 Å². The number of amides is 1. The average Bonchev–Trinajstić information content (AvgIpc) is 2.13. The molecule has 0 heterocycles. The van der Waals surface area contributed by atoms with E-state index in [9.17, 15) is 9.90 Å². The third-order valence-electron chi connectivity index (χ3n) is 1.87. The first-order chi connectivity index (χ1) is 7.31. The van der Waals surface area contributed by atoms with Crippen LogP contribution in [0.15, 0.2) is 18.2 Å². The maximum atomic E-state index is 11.7. The maximum absolute atomic E-state index is 11.7. The molecule has 0 saturated carbocycles. The number of benzene rings is 1. The van der Waals surface area contributed by atoms with Crippen molar-refractivity contribution < 1.29 is 9.90 Å². The molecule has 0 unspecified atom stereocenters. The molecule has 0 atom stereocenters. The van der Waals surface area contributed by atoms with E-state index in [0.717, 1.165) is 0 Å². The minimum atomic E-state index is -0.969. The third kappa shape index (κ3) is 3.67. The number of aliphatic hydroxyl groups is 1. The van der Waals surface area contributed by atoms with Crippen LogP contribution in [0.3, 0.4) is 0 Å². The van der Waals surface area contributed by atoms with Gasteiger partial charge >= 0.3 is 0 Å². The van der Waals surface area contributed by atoms with Crippen LogP contribution in [0.5, 0.6) is 0 Å². The number of rotatable bonds is 3. The van der Waals surface area contributed by atoms with Gasteiger partial charge in [0.2, 0.25) is 0 Å². The van der Waals surface area contributed by atoms with Crippen molar-refractivity contribution in [2.45, 2.75) is 19.4 Å². The second kappa shape index (κ2) is 5.04. The Morgan fingerprint density at radius 3 is 2.31 bits per heavy atom. The van der Waals surface area contributed by atoms with E-state index in [1.807, 2.05) is 0 Å². The fraction of sp³-hybridized carbons (Fsp3) is 0.364. The van der Waals surface area contributed by atoms with Gasteiger partial charge in [-0.1, -0.05) is 29.3 Å². The van der Waals surface area contributed by atoms with E-state index >= 15 is 0 Å². The first kappa shape index (κ1) is 13.3. The summed E-state index contributed by atoms with van der Waals surface area (Å²) >= 11 is 11.7. The Labute approximate surface area is 104 Å². The van der Waals surface area contributed by atoms with Gasteiger partial charge in [-0.3, -0.25) is 4.79 Å². The molecule has 1 rings (SSSR count). The van der Waals surface area contributed by atoms with Crippen LogP contribution in [0.1, 0.15) is 24.2 Å². The van der Waals surface area contributed by atoms with E-state index in [2.05, 4.69) is 5.32 Å². The minimum absolute atomic E-state index is 0.132. The molecule has 1 amide bonds. The summed E-state index contributed by atoms with van der Waals surface area (Å²) in [5, 5.41) is 12.6. The Bertz CT molecular complexity index is 379. The Hall–Kier alpha value is -0.770. The molecular weight excluding hydrogens is 249 g/mol. The molecule has 1 aromatic rings. The highest BCUT2D eigenvalue weighted by atomic mass is 35.5. The predicted octanol–water partition coefficient (Wildman–Crippen LogP) is 2.49. The van der Waals surface area contributed by atoms with Crippen molar-refractivity contribution in [1.82, 2.24) is 5.32 Å². The van der Waals surface area contributed by atoms with Crippen LogP contribution in [-0.4, -0.2) is 23.2 Å². The molecule has 0 bridgehead atoms. The molecule has 3 nitrogen and oxygen atoms in total. The molecule has 0 saturated heterocycles. The first-order valence-corrected chi connectivity index (χ1v) is 5.51. The molecule has 2 N–H and O–H groups in total. The largest absolute Gasteiger partial charge is 0.389 e. The van der Waals surface area contributed by atoms with Gasteiger partial charge < -0.3 is 10.4 Å². The molecule has 0 radical (unpaired) electrons. The topological polar surface area (TPSA) is 49.3 Å². The SMILES string of the molecule is CC(C)(O)CNC(=O)c1c(Cl)cccc1Cl. The van der Waals surface area contributed by atoms with Gasteiger partial charge in [0.05, 0.1) is 21.2 Å². The number of hydrogen-bond acceptors (Lipinski definition) is 2. The van der Waals surface area contributed by atoms with E-state index in [-0.39, 0.29) is 12.1 Å². The summed E-state index contributed by atoms with van der Waals surface area (Å²) in [6.45, 7) is 3.33. The highest BCUT2D eigenvalue weighted by Gasteiger charge is 2.18. The van der Waals surface area contributed by atoms with Gasteiger partial charge in [-0.15, -0.1) is 0 Å². The van der Waals surface area contributed by atoms with Crippen LogP contribution >= 0.6 is 23.2 Å². The first-order valence-electron chi connectivity index (χ1n) is 4.76. The zero-order chi connectivity index (χ0) is 12.3. The van der Waals surface area contributed by atoms with Crippen molar-refractivity contribution in [2.75, 3.05) is 6.54 Å². The van der Waals surface area contributed by atoms with Crippen molar-refractivity contribution in [2.24, 2.45) is 0 Å². The zero-order valence-electron chi connectivity index (χ0n) is 9.05. The molecule has 1 aromatic carbocycles. The van der Waals surface area contributed by atoms with E-state index < -0.39 is 11.5 Å². The lowest BCUT2D eigenvalue weighted by Gasteiger charge is -2.18. The van der Waals surface area contributed by atoms with Gasteiger partial charge in [-0.05, 0) is 26.0 Å². The highest BCUT2D eigenvalue weighted by molar-refractivity contribution is 6.39. The normalized spacial score (nSPS) is 11.3. The summed E-state index contributed by atoms with van der Waals surface area (Å²) in [4.78, 5) is 11.7. The van der Waals surface area contributed by atoms with Crippen molar-refractivity contribution in [3.05, 3.63) is 33.8 Å². The van der Waals surface area contributed by atoms with Crippen molar-refractivity contribution >= 4 is 29.1 Å². The quantitative estimate of drug-likeness (QED) is 0.879. The van der Waals surface area contributed by atoms with Gasteiger partial charge in [0.1, 0.15) is 0 Å². The van der Waals surface area contributed by atoms with E-state index in [0.29, 0.717) is 10.0 Å². The molecular formula is C11H13Cl2NO2. The number of hydrogen-bond donors (Lipinski definition) is 2. The lowest BCUT2D eigenvalue weighted by atomic mass is 10.1. The molecule has 16 heavy (non-hydrogen) atoms. The van der Waals surface area contributed by atoms with E-state index in [1.54, 1.807) is 32.0 Å². The average molecular weight is 262 g/mol. The second-order valence-electron chi connectivity index (χ2n) is 4.09. The molecule has 0 aliphatic heterocycles. The summed E-state index contributed by atoms with van der Waals surface area (Å²) in [6.07, 6.45) is 0. The van der Waals surface area contributed by atoms with Crippen LogP contribution in [0.4, 0.5) is 0 Å². The van der Waals surface area contributed by atoms with Crippen LogP contribution in [0.25, 0.3) is 0 Å². The predicted molar refractivity (Wildman–Crippen MR) is 65.1 cm³/mol. The van der Waals surface area contributed by atoms with Crippen LogP contribution in [0.2, 0.25) is 10.0 Å². The summed E-state index contributed by atoms with van der Waals surface area (Å²) in [5.74, 6) is -0.391.